The minimum atomic E-state index is -0.731. The lowest BCUT2D eigenvalue weighted by molar-refractivity contribution is 0.320. The molecule has 112 valence electrons. The summed E-state index contributed by atoms with van der Waals surface area (Å²) in [6, 6.07) is 10.5. The third-order valence-corrected chi connectivity index (χ3v) is 3.25. The Morgan fingerprint density at radius 2 is 1.86 bits per heavy atom. The van der Waals surface area contributed by atoms with Gasteiger partial charge in [0.1, 0.15) is 5.75 Å². The van der Waals surface area contributed by atoms with Crippen molar-refractivity contribution in [3.63, 3.8) is 0 Å². The molecule has 6 nitrogen and oxygen atoms in total. The van der Waals surface area contributed by atoms with E-state index in [-0.39, 0.29) is 22.6 Å². The van der Waals surface area contributed by atoms with Gasteiger partial charge in [0.2, 0.25) is 0 Å². The molecule has 2 aromatic carbocycles. The van der Waals surface area contributed by atoms with Crippen molar-refractivity contribution in [2.24, 2.45) is 0 Å². The van der Waals surface area contributed by atoms with Crippen molar-refractivity contribution >= 4 is 23.2 Å². The monoisotopic (exact) mass is 338 g/mol. The quantitative estimate of drug-likeness (QED) is 0.788. The SMILES string of the molecule is O=c1oc(Oc2ccc(Cl)cc2Cl)nn1-c1ccc(O)cc1. The van der Waals surface area contributed by atoms with E-state index in [9.17, 15) is 9.90 Å². The molecular formula is C14H8Cl2N2O4. The Hall–Kier alpha value is -2.44. The summed E-state index contributed by atoms with van der Waals surface area (Å²) in [4.78, 5) is 11.8. The predicted molar refractivity (Wildman–Crippen MR) is 80.3 cm³/mol. The third-order valence-electron chi connectivity index (χ3n) is 2.71. The van der Waals surface area contributed by atoms with Crippen LogP contribution >= 0.6 is 23.2 Å². The van der Waals surface area contributed by atoms with E-state index in [1.54, 1.807) is 6.07 Å². The first-order valence-electron chi connectivity index (χ1n) is 6.05. The van der Waals surface area contributed by atoms with Crippen molar-refractivity contribution in [1.29, 1.82) is 0 Å². The average Bonchev–Trinajstić information content (AvgIpc) is 2.84. The van der Waals surface area contributed by atoms with Crippen molar-refractivity contribution in [3.05, 3.63) is 63.1 Å². The Bertz CT molecular complexity index is 871. The van der Waals surface area contributed by atoms with Crippen LogP contribution in [-0.2, 0) is 0 Å². The normalized spacial score (nSPS) is 10.6. The van der Waals surface area contributed by atoms with E-state index in [1.807, 2.05) is 0 Å². The number of rotatable bonds is 3. The van der Waals surface area contributed by atoms with Gasteiger partial charge in [-0.05, 0) is 42.5 Å². The van der Waals surface area contributed by atoms with Crippen LogP contribution < -0.4 is 10.5 Å². The van der Waals surface area contributed by atoms with E-state index in [4.69, 9.17) is 32.4 Å². The number of halogens is 2. The van der Waals surface area contributed by atoms with Gasteiger partial charge in [0.25, 0.3) is 0 Å². The van der Waals surface area contributed by atoms with Gasteiger partial charge >= 0.3 is 11.8 Å². The minimum absolute atomic E-state index is 0.0738. The summed E-state index contributed by atoms with van der Waals surface area (Å²) < 4.78 is 11.2. The van der Waals surface area contributed by atoms with Gasteiger partial charge in [0, 0.05) is 5.02 Å². The molecule has 0 aliphatic heterocycles. The predicted octanol–water partition coefficient (Wildman–Crippen LogP) is 3.63. The Balaban J connectivity index is 1.92. The van der Waals surface area contributed by atoms with E-state index in [1.165, 1.54) is 36.4 Å². The van der Waals surface area contributed by atoms with Crippen LogP contribution in [0.25, 0.3) is 5.69 Å². The summed E-state index contributed by atoms with van der Waals surface area (Å²) in [6.07, 6.45) is -0.262. The number of hydrogen-bond donors (Lipinski definition) is 1. The molecule has 0 atom stereocenters. The molecule has 0 fully saturated rings. The number of nitrogens with zero attached hydrogens (tertiary/aromatic N) is 2. The summed E-state index contributed by atoms with van der Waals surface area (Å²) in [7, 11) is 0. The van der Waals surface area contributed by atoms with Crippen molar-refractivity contribution in [2.75, 3.05) is 0 Å². The summed E-state index contributed by atoms with van der Waals surface area (Å²) in [5, 5.41) is 13.9. The summed E-state index contributed by atoms with van der Waals surface area (Å²) in [5.41, 5.74) is 0.420. The van der Waals surface area contributed by atoms with E-state index < -0.39 is 5.76 Å². The Kier molecular flexibility index (Phi) is 3.79. The molecule has 0 saturated heterocycles. The highest BCUT2D eigenvalue weighted by atomic mass is 35.5. The topological polar surface area (TPSA) is 77.5 Å². The smallest absolute Gasteiger partial charge is 0.444 e. The van der Waals surface area contributed by atoms with E-state index in [2.05, 4.69) is 5.10 Å². The zero-order chi connectivity index (χ0) is 15.7. The standard InChI is InChI=1S/C14H8Cl2N2O4/c15-8-1-6-12(11(16)7-8)21-13-17-18(14(20)22-13)9-2-4-10(19)5-3-9/h1-7,19H. The van der Waals surface area contributed by atoms with Gasteiger partial charge in [-0.1, -0.05) is 28.3 Å². The lowest BCUT2D eigenvalue weighted by Gasteiger charge is -2.02. The third kappa shape index (κ3) is 2.93. The molecule has 0 bridgehead atoms. The zero-order valence-corrected chi connectivity index (χ0v) is 12.4. The lowest BCUT2D eigenvalue weighted by Crippen LogP contribution is -2.12. The van der Waals surface area contributed by atoms with Crippen LogP contribution in [0, 0.1) is 0 Å². The number of hydrogen-bond acceptors (Lipinski definition) is 5. The maximum atomic E-state index is 11.8. The Labute approximate surface area is 134 Å². The molecule has 0 unspecified atom stereocenters. The lowest BCUT2D eigenvalue weighted by atomic mass is 10.3. The molecule has 0 aliphatic carbocycles. The summed E-state index contributed by atoms with van der Waals surface area (Å²) >= 11 is 11.8. The fraction of sp³-hybridized carbons (Fsp3) is 0. The van der Waals surface area contributed by atoms with Gasteiger partial charge in [-0.2, -0.15) is 4.68 Å². The second-order valence-electron chi connectivity index (χ2n) is 4.24. The van der Waals surface area contributed by atoms with Crippen LogP contribution in [0.2, 0.25) is 10.0 Å². The fourth-order valence-corrected chi connectivity index (χ4v) is 2.16. The average molecular weight is 339 g/mol. The molecule has 1 heterocycles. The van der Waals surface area contributed by atoms with Crippen molar-refractivity contribution in [3.8, 4) is 23.3 Å². The molecule has 0 radical (unpaired) electrons. The molecule has 0 saturated carbocycles. The zero-order valence-electron chi connectivity index (χ0n) is 10.9. The van der Waals surface area contributed by atoms with Gasteiger partial charge in [-0.15, -0.1) is 0 Å². The number of phenolic OH excluding ortho intramolecular Hbond substituents is 1. The molecule has 3 aromatic rings. The molecule has 0 spiro atoms. The molecule has 1 aromatic heterocycles. The van der Waals surface area contributed by atoms with Gasteiger partial charge in [0.15, 0.2) is 5.75 Å². The van der Waals surface area contributed by atoms with Gasteiger partial charge in [-0.3, -0.25) is 0 Å². The van der Waals surface area contributed by atoms with Crippen LogP contribution in [0.3, 0.4) is 0 Å². The highest BCUT2D eigenvalue weighted by molar-refractivity contribution is 6.35. The highest BCUT2D eigenvalue weighted by Gasteiger charge is 2.13. The number of aromatic hydroxyl groups is 1. The molecule has 1 N–H and O–H groups in total. The van der Waals surface area contributed by atoms with Crippen molar-refractivity contribution < 1.29 is 14.3 Å². The number of aromatic nitrogens is 2. The van der Waals surface area contributed by atoms with Crippen LogP contribution in [0.1, 0.15) is 0 Å². The Morgan fingerprint density at radius 3 is 2.55 bits per heavy atom. The first-order chi connectivity index (χ1) is 10.5. The van der Waals surface area contributed by atoms with Crippen LogP contribution in [0.4, 0.5) is 0 Å². The van der Waals surface area contributed by atoms with Crippen LogP contribution in [0.15, 0.2) is 51.7 Å². The van der Waals surface area contributed by atoms with E-state index >= 15 is 0 Å². The Morgan fingerprint density at radius 1 is 1.14 bits per heavy atom. The minimum Gasteiger partial charge on any atom is -0.508 e. The van der Waals surface area contributed by atoms with Crippen molar-refractivity contribution in [2.45, 2.75) is 0 Å². The van der Waals surface area contributed by atoms with Crippen LogP contribution in [-0.4, -0.2) is 14.9 Å². The van der Waals surface area contributed by atoms with Gasteiger partial charge in [0.05, 0.1) is 10.7 Å². The molecule has 0 aliphatic rings. The number of benzene rings is 2. The van der Waals surface area contributed by atoms with E-state index in [0.29, 0.717) is 10.7 Å². The molecule has 22 heavy (non-hydrogen) atoms. The maximum Gasteiger partial charge on any atom is 0.444 e. The van der Waals surface area contributed by atoms with Gasteiger partial charge in [-0.25, -0.2) is 4.79 Å². The molecule has 3 rings (SSSR count). The summed E-state index contributed by atoms with van der Waals surface area (Å²) in [5.74, 6) is -0.402. The second kappa shape index (κ2) is 5.75. The molecular weight excluding hydrogens is 331 g/mol. The summed E-state index contributed by atoms with van der Waals surface area (Å²) in [6.45, 7) is 0. The molecule has 8 heteroatoms. The first kappa shape index (κ1) is 14.5. The first-order valence-corrected chi connectivity index (χ1v) is 6.81. The second-order valence-corrected chi connectivity index (χ2v) is 5.08. The van der Waals surface area contributed by atoms with E-state index in [0.717, 1.165) is 4.68 Å². The highest BCUT2D eigenvalue weighted by Crippen LogP contribution is 2.30. The largest absolute Gasteiger partial charge is 0.508 e. The maximum absolute atomic E-state index is 11.8. The van der Waals surface area contributed by atoms with Crippen LogP contribution in [0.5, 0.6) is 17.6 Å². The number of ether oxygens (including phenoxy) is 1. The fourth-order valence-electron chi connectivity index (χ4n) is 1.71. The van der Waals surface area contributed by atoms with Gasteiger partial charge < -0.3 is 14.3 Å². The molecule has 0 amide bonds. The number of phenols is 1. The van der Waals surface area contributed by atoms with Crippen molar-refractivity contribution in [1.82, 2.24) is 9.78 Å².